The van der Waals surface area contributed by atoms with E-state index in [-0.39, 0.29) is 6.03 Å². The Morgan fingerprint density at radius 2 is 1.96 bits per heavy atom. The third kappa shape index (κ3) is 3.13. The molecule has 0 bridgehead atoms. The number of fused-ring (bicyclic) bond motifs is 2. The third-order valence-corrected chi connectivity index (χ3v) is 5.72. The van der Waals surface area contributed by atoms with E-state index in [0.717, 1.165) is 54.9 Å². The Bertz CT molecular complexity index is 1010. The fourth-order valence-corrected chi connectivity index (χ4v) is 4.18. The molecule has 2 aliphatic rings. The van der Waals surface area contributed by atoms with Crippen LogP contribution in [0.2, 0.25) is 0 Å². The molecule has 1 aromatic carbocycles. The van der Waals surface area contributed by atoms with Gasteiger partial charge in [-0.25, -0.2) is 14.8 Å². The van der Waals surface area contributed by atoms with Crippen molar-refractivity contribution in [1.29, 1.82) is 0 Å². The number of hydrogen-bond acceptors (Lipinski definition) is 5. The van der Waals surface area contributed by atoms with Crippen LogP contribution in [0.15, 0.2) is 49.1 Å². The number of rotatable bonds is 3. The highest BCUT2D eigenvalue weighted by molar-refractivity contribution is 5.92. The number of amides is 2. The number of pyridine rings is 1. The van der Waals surface area contributed by atoms with Crippen molar-refractivity contribution >= 4 is 28.4 Å². The molecule has 0 atom stereocenters. The number of benzene rings is 1. The molecule has 1 N–H and O–H groups in total. The van der Waals surface area contributed by atoms with Gasteiger partial charge in [-0.05, 0) is 36.5 Å². The van der Waals surface area contributed by atoms with E-state index in [1.165, 1.54) is 5.56 Å². The summed E-state index contributed by atoms with van der Waals surface area (Å²) in [6.45, 7) is 3.35. The predicted octanol–water partition coefficient (Wildman–Crippen LogP) is 3.29. The van der Waals surface area contributed by atoms with Crippen LogP contribution in [0.25, 0.3) is 10.9 Å². The quantitative estimate of drug-likeness (QED) is 0.761. The average molecular weight is 374 g/mol. The second-order valence-electron chi connectivity index (χ2n) is 7.49. The Morgan fingerprint density at radius 1 is 1.11 bits per heavy atom. The molecule has 0 unspecified atom stereocenters. The average Bonchev–Trinajstić information content (AvgIpc) is 2.74. The Labute approximate surface area is 163 Å². The molecule has 142 valence electrons. The maximum atomic E-state index is 12.4. The second kappa shape index (κ2) is 7.07. The zero-order valence-corrected chi connectivity index (χ0v) is 15.6. The number of nitrogens with zero attached hydrogens (tertiary/aromatic N) is 5. The van der Waals surface area contributed by atoms with Gasteiger partial charge in [0, 0.05) is 43.4 Å². The maximum Gasteiger partial charge on any atom is 0.322 e. The lowest BCUT2D eigenvalue weighted by molar-refractivity contribution is 0.188. The van der Waals surface area contributed by atoms with Crippen LogP contribution in [0.4, 0.5) is 16.3 Å². The largest absolute Gasteiger partial charge is 0.356 e. The zero-order chi connectivity index (χ0) is 18.9. The van der Waals surface area contributed by atoms with E-state index in [0.29, 0.717) is 12.5 Å². The van der Waals surface area contributed by atoms with Crippen molar-refractivity contribution in [1.82, 2.24) is 19.9 Å². The number of aromatic nitrogens is 3. The standard InChI is InChI=1S/C21H22N6O/c28-21-25-18-4-2-1-3-16(18)13-27(21)12-15-6-9-26(10-7-15)20-17-5-8-22-11-19(17)23-14-24-20/h1-5,8,11,14-15H,6-7,9-10,12-13H2,(H,25,28). The fraction of sp³-hybridized carbons (Fsp3) is 0.333. The SMILES string of the molecule is O=C1Nc2ccccc2CN1CC1CCN(c2ncnc3cnccc23)CC1. The molecule has 1 saturated heterocycles. The molecule has 7 heteroatoms. The molecule has 2 amide bonds. The summed E-state index contributed by atoms with van der Waals surface area (Å²) in [4.78, 5) is 29.7. The Balaban J connectivity index is 1.25. The molecule has 4 heterocycles. The molecular formula is C21H22N6O. The van der Waals surface area contributed by atoms with Gasteiger partial charge in [-0.3, -0.25) is 4.98 Å². The highest BCUT2D eigenvalue weighted by Gasteiger charge is 2.28. The second-order valence-corrected chi connectivity index (χ2v) is 7.49. The van der Waals surface area contributed by atoms with Crippen LogP contribution in [0.5, 0.6) is 0 Å². The van der Waals surface area contributed by atoms with E-state index in [1.807, 2.05) is 29.2 Å². The van der Waals surface area contributed by atoms with E-state index >= 15 is 0 Å². The molecule has 0 saturated carbocycles. The van der Waals surface area contributed by atoms with Crippen LogP contribution in [-0.2, 0) is 6.54 Å². The van der Waals surface area contributed by atoms with Crippen LogP contribution >= 0.6 is 0 Å². The van der Waals surface area contributed by atoms with Gasteiger partial charge in [0.1, 0.15) is 12.1 Å². The summed E-state index contributed by atoms with van der Waals surface area (Å²) in [6, 6.07) is 10.0. The Morgan fingerprint density at radius 3 is 2.86 bits per heavy atom. The monoisotopic (exact) mass is 374 g/mol. The van der Waals surface area contributed by atoms with Crippen LogP contribution in [0, 0.1) is 5.92 Å². The van der Waals surface area contributed by atoms with Gasteiger partial charge in [-0.1, -0.05) is 18.2 Å². The summed E-state index contributed by atoms with van der Waals surface area (Å²) in [5.41, 5.74) is 2.99. The highest BCUT2D eigenvalue weighted by Crippen LogP contribution is 2.29. The minimum atomic E-state index is 0.00965. The number of hydrogen-bond donors (Lipinski definition) is 1. The summed E-state index contributed by atoms with van der Waals surface area (Å²) in [5.74, 6) is 1.48. The van der Waals surface area contributed by atoms with Crippen molar-refractivity contribution in [3.05, 3.63) is 54.6 Å². The summed E-state index contributed by atoms with van der Waals surface area (Å²) in [5, 5.41) is 4.05. The smallest absolute Gasteiger partial charge is 0.322 e. The minimum absolute atomic E-state index is 0.00965. The summed E-state index contributed by atoms with van der Waals surface area (Å²) in [6.07, 6.45) is 7.26. The number of para-hydroxylation sites is 1. The van der Waals surface area contributed by atoms with Gasteiger partial charge in [0.25, 0.3) is 0 Å². The van der Waals surface area contributed by atoms with Crippen LogP contribution in [0.3, 0.4) is 0 Å². The van der Waals surface area contributed by atoms with Gasteiger partial charge in [0.2, 0.25) is 0 Å². The normalized spacial score (nSPS) is 17.5. The summed E-state index contributed by atoms with van der Waals surface area (Å²) in [7, 11) is 0. The van der Waals surface area contributed by atoms with Gasteiger partial charge in [-0.2, -0.15) is 0 Å². The van der Waals surface area contributed by atoms with Crippen molar-refractivity contribution in [3.63, 3.8) is 0 Å². The molecule has 2 aliphatic heterocycles. The predicted molar refractivity (Wildman–Crippen MR) is 108 cm³/mol. The van der Waals surface area contributed by atoms with Gasteiger partial charge in [0.05, 0.1) is 11.7 Å². The third-order valence-electron chi connectivity index (χ3n) is 5.72. The molecule has 0 aliphatic carbocycles. The summed E-state index contributed by atoms with van der Waals surface area (Å²) < 4.78 is 0. The van der Waals surface area contributed by atoms with E-state index in [4.69, 9.17) is 0 Å². The number of carbonyl (C=O) groups excluding carboxylic acids is 1. The molecule has 1 fully saturated rings. The minimum Gasteiger partial charge on any atom is -0.356 e. The van der Waals surface area contributed by atoms with Crippen molar-refractivity contribution in [3.8, 4) is 0 Å². The van der Waals surface area contributed by atoms with E-state index in [9.17, 15) is 4.79 Å². The van der Waals surface area contributed by atoms with Crippen LogP contribution in [-0.4, -0.2) is 45.5 Å². The number of nitrogens with one attached hydrogen (secondary N) is 1. The number of piperidine rings is 1. The molecule has 28 heavy (non-hydrogen) atoms. The first-order chi connectivity index (χ1) is 13.8. The topological polar surface area (TPSA) is 74.2 Å². The first-order valence-corrected chi connectivity index (χ1v) is 9.71. The lowest BCUT2D eigenvalue weighted by Crippen LogP contribution is -2.44. The van der Waals surface area contributed by atoms with E-state index in [2.05, 4.69) is 31.2 Å². The molecule has 0 spiro atoms. The van der Waals surface area contributed by atoms with Gasteiger partial charge in [-0.15, -0.1) is 0 Å². The van der Waals surface area contributed by atoms with Crippen molar-refractivity contribution in [2.75, 3.05) is 29.9 Å². The van der Waals surface area contributed by atoms with Gasteiger partial charge in [0.15, 0.2) is 0 Å². The van der Waals surface area contributed by atoms with Crippen LogP contribution in [0.1, 0.15) is 18.4 Å². The van der Waals surface area contributed by atoms with Gasteiger partial charge >= 0.3 is 6.03 Å². The Kier molecular flexibility index (Phi) is 4.27. The molecule has 3 aromatic rings. The van der Waals surface area contributed by atoms with Crippen molar-refractivity contribution in [2.45, 2.75) is 19.4 Å². The Hall–Kier alpha value is -3.22. The first-order valence-electron chi connectivity index (χ1n) is 9.71. The number of urea groups is 1. The summed E-state index contributed by atoms with van der Waals surface area (Å²) >= 11 is 0. The molecule has 2 aromatic heterocycles. The maximum absolute atomic E-state index is 12.4. The molecule has 7 nitrogen and oxygen atoms in total. The fourth-order valence-electron chi connectivity index (χ4n) is 4.18. The molecular weight excluding hydrogens is 352 g/mol. The van der Waals surface area contributed by atoms with Crippen molar-refractivity contribution < 1.29 is 4.79 Å². The number of anilines is 2. The first kappa shape index (κ1) is 16.9. The molecule has 5 rings (SSSR count). The number of carbonyl (C=O) groups is 1. The highest BCUT2D eigenvalue weighted by atomic mass is 16.2. The van der Waals surface area contributed by atoms with E-state index < -0.39 is 0 Å². The zero-order valence-electron chi connectivity index (χ0n) is 15.6. The lowest BCUT2D eigenvalue weighted by atomic mass is 9.95. The molecule has 0 radical (unpaired) electrons. The van der Waals surface area contributed by atoms with Crippen molar-refractivity contribution in [2.24, 2.45) is 5.92 Å². The van der Waals surface area contributed by atoms with Crippen LogP contribution < -0.4 is 10.2 Å². The van der Waals surface area contributed by atoms with Gasteiger partial charge < -0.3 is 15.1 Å². The van der Waals surface area contributed by atoms with E-state index in [1.54, 1.807) is 18.7 Å². The lowest BCUT2D eigenvalue weighted by Gasteiger charge is -2.37.